The van der Waals surface area contributed by atoms with Gasteiger partial charge in [-0.05, 0) is 49.2 Å². The summed E-state index contributed by atoms with van der Waals surface area (Å²) in [5.41, 5.74) is 5.59. The Morgan fingerprint density at radius 2 is 2.00 bits per heavy atom. The summed E-state index contributed by atoms with van der Waals surface area (Å²) in [6, 6.07) is 12.8. The zero-order chi connectivity index (χ0) is 20.1. The zero-order valence-corrected chi connectivity index (χ0v) is 17.3. The van der Waals surface area contributed by atoms with Gasteiger partial charge in [-0.25, -0.2) is 13.8 Å². The molecule has 28 heavy (non-hydrogen) atoms. The number of fused-ring (bicyclic) bond motifs is 2. The Morgan fingerprint density at radius 3 is 2.71 bits per heavy atom. The predicted octanol–water partition coefficient (Wildman–Crippen LogP) is 2.20. The Labute approximate surface area is 167 Å². The van der Waals surface area contributed by atoms with Gasteiger partial charge in [-0.15, -0.1) is 5.10 Å². The van der Waals surface area contributed by atoms with Crippen molar-refractivity contribution in [3.8, 4) is 0 Å². The fourth-order valence-electron chi connectivity index (χ4n) is 3.60. The van der Waals surface area contributed by atoms with Crippen LogP contribution < -0.4 is 14.5 Å². The number of benzene rings is 2. The molecule has 1 aromatic heterocycles. The van der Waals surface area contributed by atoms with E-state index in [0.717, 1.165) is 15.8 Å². The maximum absolute atomic E-state index is 12.6. The molecule has 2 aromatic carbocycles. The van der Waals surface area contributed by atoms with Gasteiger partial charge in [0.15, 0.2) is 0 Å². The van der Waals surface area contributed by atoms with E-state index in [1.54, 1.807) is 18.2 Å². The summed E-state index contributed by atoms with van der Waals surface area (Å²) >= 11 is 1.49. The van der Waals surface area contributed by atoms with E-state index >= 15 is 0 Å². The van der Waals surface area contributed by atoms with Crippen molar-refractivity contribution in [1.82, 2.24) is 9.99 Å². The first-order chi connectivity index (χ1) is 13.3. The quantitative estimate of drug-likeness (QED) is 0.665. The van der Waals surface area contributed by atoms with Gasteiger partial charge in [0.25, 0.3) is 5.91 Å². The number of hydrogen-bond donors (Lipinski definition) is 1. The first-order valence-electron chi connectivity index (χ1n) is 8.76. The van der Waals surface area contributed by atoms with Gasteiger partial charge in [0, 0.05) is 18.7 Å². The summed E-state index contributed by atoms with van der Waals surface area (Å²) in [7, 11) is -1.45. The smallest absolute Gasteiger partial charge is 0.271 e. The second-order valence-corrected chi connectivity index (χ2v) is 9.79. The second kappa shape index (κ2) is 6.75. The van der Waals surface area contributed by atoms with Crippen LogP contribution in [0.15, 0.2) is 47.6 Å². The van der Waals surface area contributed by atoms with Crippen molar-refractivity contribution in [1.29, 1.82) is 0 Å². The van der Waals surface area contributed by atoms with Crippen LogP contribution in [-0.2, 0) is 23.5 Å². The number of carbonyl (C=O) groups excluding carboxylic acids is 1. The molecule has 1 N–H and O–H groups in total. The van der Waals surface area contributed by atoms with E-state index in [1.165, 1.54) is 21.9 Å². The highest BCUT2D eigenvalue weighted by Crippen LogP contribution is 2.34. The van der Waals surface area contributed by atoms with Crippen molar-refractivity contribution in [2.24, 2.45) is 12.1 Å². The number of sulfonamides is 1. The Morgan fingerprint density at radius 1 is 1.25 bits per heavy atom. The van der Waals surface area contributed by atoms with E-state index in [0.29, 0.717) is 22.5 Å². The van der Waals surface area contributed by atoms with Gasteiger partial charge in [-0.3, -0.25) is 9.10 Å². The molecule has 146 valence electrons. The van der Waals surface area contributed by atoms with Crippen molar-refractivity contribution < 1.29 is 13.2 Å². The van der Waals surface area contributed by atoms with Gasteiger partial charge in [0.1, 0.15) is 0 Å². The topological polar surface area (TPSA) is 83.8 Å². The predicted molar refractivity (Wildman–Crippen MR) is 111 cm³/mol. The third-order valence-electron chi connectivity index (χ3n) is 4.82. The summed E-state index contributed by atoms with van der Waals surface area (Å²) in [6.45, 7) is 1.86. The molecule has 0 aliphatic carbocycles. The van der Waals surface area contributed by atoms with E-state index in [2.05, 4.69) is 10.5 Å². The molecule has 1 amide bonds. The minimum Gasteiger partial charge on any atom is -0.318 e. The summed E-state index contributed by atoms with van der Waals surface area (Å²) < 4.78 is 28.5. The lowest BCUT2D eigenvalue weighted by atomic mass is 10.1. The maximum Gasteiger partial charge on any atom is 0.271 e. The van der Waals surface area contributed by atoms with Crippen molar-refractivity contribution in [3.63, 3.8) is 0 Å². The number of hydrogen-bond acceptors (Lipinski definition) is 5. The molecule has 0 spiro atoms. The van der Waals surface area contributed by atoms with Crippen molar-refractivity contribution in [3.05, 3.63) is 58.4 Å². The third-order valence-corrected chi connectivity index (χ3v) is 7.20. The largest absolute Gasteiger partial charge is 0.318 e. The standard InChI is InChI=1S/C19H20N4O3S2/c1-12-10-14-11-13(8-9-15(14)23(12)28(3,25)26)18(24)20-21-19-22(2)16-6-4-5-7-17(16)27-19/h4-9,11-12H,10H2,1-3H3,(H,20,24)/b21-19-. The lowest BCUT2D eigenvalue weighted by Gasteiger charge is -2.21. The van der Waals surface area contributed by atoms with Gasteiger partial charge < -0.3 is 4.57 Å². The molecule has 7 nitrogen and oxygen atoms in total. The fourth-order valence-corrected chi connectivity index (χ4v) is 5.84. The number of aryl methyl sites for hydroxylation is 1. The number of carbonyl (C=O) groups is 1. The highest BCUT2D eigenvalue weighted by atomic mass is 32.2. The van der Waals surface area contributed by atoms with Crippen LogP contribution in [0.2, 0.25) is 0 Å². The third kappa shape index (κ3) is 3.20. The Kier molecular flexibility index (Phi) is 4.51. The molecule has 1 aliphatic heterocycles. The fraction of sp³-hybridized carbons (Fsp3) is 0.263. The molecule has 9 heteroatoms. The van der Waals surface area contributed by atoms with Crippen LogP contribution in [0, 0.1) is 0 Å². The second-order valence-electron chi connectivity index (χ2n) is 6.92. The van der Waals surface area contributed by atoms with Gasteiger partial charge in [-0.1, -0.05) is 23.5 Å². The number of anilines is 1. The molecule has 1 unspecified atom stereocenters. The first kappa shape index (κ1) is 18.7. The highest BCUT2D eigenvalue weighted by molar-refractivity contribution is 7.92. The summed E-state index contributed by atoms with van der Waals surface area (Å²) in [5, 5.41) is 4.26. The molecule has 0 saturated heterocycles. The van der Waals surface area contributed by atoms with Crippen LogP contribution in [0.3, 0.4) is 0 Å². The minimum atomic E-state index is -3.35. The molecule has 0 fully saturated rings. The number of rotatable bonds is 3. The molecular weight excluding hydrogens is 396 g/mol. The van der Waals surface area contributed by atoms with Crippen LogP contribution in [0.1, 0.15) is 22.8 Å². The van der Waals surface area contributed by atoms with Crippen LogP contribution >= 0.6 is 11.3 Å². The van der Waals surface area contributed by atoms with Crippen molar-refractivity contribution in [2.75, 3.05) is 10.6 Å². The highest BCUT2D eigenvalue weighted by Gasteiger charge is 2.32. The number of thiazole rings is 1. The van der Waals surface area contributed by atoms with Gasteiger partial charge in [-0.2, -0.15) is 0 Å². The normalized spacial score (nSPS) is 17.2. The maximum atomic E-state index is 12.6. The number of aromatic nitrogens is 1. The lowest BCUT2D eigenvalue weighted by molar-refractivity contribution is 0.0953. The average Bonchev–Trinajstić information content (AvgIpc) is 3.15. The molecule has 0 saturated carbocycles. The number of nitrogens with one attached hydrogen (secondary N) is 1. The molecule has 0 radical (unpaired) electrons. The van der Waals surface area contributed by atoms with E-state index in [9.17, 15) is 13.2 Å². The minimum absolute atomic E-state index is 0.161. The van der Waals surface area contributed by atoms with Crippen molar-refractivity contribution >= 4 is 43.2 Å². The van der Waals surface area contributed by atoms with Gasteiger partial charge in [0.05, 0.1) is 22.2 Å². The van der Waals surface area contributed by atoms with Crippen LogP contribution in [0.25, 0.3) is 10.2 Å². The molecular formula is C19H20N4O3S2. The zero-order valence-electron chi connectivity index (χ0n) is 15.7. The van der Waals surface area contributed by atoms with Crippen LogP contribution in [0.5, 0.6) is 0 Å². The van der Waals surface area contributed by atoms with Gasteiger partial charge in [0.2, 0.25) is 14.8 Å². The van der Waals surface area contributed by atoms with E-state index in [4.69, 9.17) is 0 Å². The number of nitrogens with zero attached hydrogens (tertiary/aromatic N) is 3. The summed E-state index contributed by atoms with van der Waals surface area (Å²) in [6.07, 6.45) is 1.77. The van der Waals surface area contributed by atoms with Crippen LogP contribution in [0.4, 0.5) is 5.69 Å². The Bertz CT molecular complexity index is 1260. The van der Waals surface area contributed by atoms with Gasteiger partial charge >= 0.3 is 0 Å². The Balaban J connectivity index is 1.61. The molecule has 0 bridgehead atoms. The van der Waals surface area contributed by atoms with Crippen LogP contribution in [-0.4, -0.2) is 31.2 Å². The van der Waals surface area contributed by atoms with Crippen molar-refractivity contribution in [2.45, 2.75) is 19.4 Å². The summed E-state index contributed by atoms with van der Waals surface area (Å²) in [4.78, 5) is 13.3. The average molecular weight is 417 g/mol. The monoisotopic (exact) mass is 416 g/mol. The summed E-state index contributed by atoms with van der Waals surface area (Å²) in [5.74, 6) is -0.328. The number of amides is 1. The molecule has 2 heterocycles. The number of para-hydroxylation sites is 1. The first-order valence-corrected chi connectivity index (χ1v) is 11.4. The molecule has 1 aliphatic rings. The Hall–Kier alpha value is -2.65. The lowest BCUT2D eigenvalue weighted by Crippen LogP contribution is -2.34. The molecule has 1 atom stereocenters. The SMILES string of the molecule is CC1Cc2cc(C(=O)N/N=c3\sc4ccccc4n3C)ccc2N1S(C)(=O)=O. The molecule has 4 rings (SSSR count). The van der Waals surface area contributed by atoms with E-state index in [1.807, 2.05) is 42.8 Å². The van der Waals surface area contributed by atoms with E-state index in [-0.39, 0.29) is 11.9 Å². The van der Waals surface area contributed by atoms with E-state index < -0.39 is 10.0 Å². The molecule has 3 aromatic rings.